The molecule has 5 aromatic rings. The van der Waals surface area contributed by atoms with Crippen LogP contribution in [-0.2, 0) is 23.5 Å². The Balaban J connectivity index is 1.40. The highest BCUT2D eigenvalue weighted by Crippen LogP contribution is 2.37. The second kappa shape index (κ2) is 10.5. The van der Waals surface area contributed by atoms with Gasteiger partial charge in [-0.3, -0.25) is 14.7 Å². The summed E-state index contributed by atoms with van der Waals surface area (Å²) in [5, 5.41) is 23.9. The van der Waals surface area contributed by atoms with Crippen LogP contribution in [0.2, 0.25) is 0 Å². The molecule has 0 spiro atoms. The zero-order valence-corrected chi connectivity index (χ0v) is 22.4. The van der Waals surface area contributed by atoms with Crippen molar-refractivity contribution in [2.75, 3.05) is 6.79 Å². The molecule has 0 radical (unpaired) electrons. The third-order valence-electron chi connectivity index (χ3n) is 6.86. The fourth-order valence-corrected chi connectivity index (χ4v) is 5.99. The highest BCUT2D eigenvalue weighted by Gasteiger charge is 2.23. The maximum Gasteiger partial charge on any atom is 0.270 e. The summed E-state index contributed by atoms with van der Waals surface area (Å²) in [6.07, 6.45) is 0.606. The van der Waals surface area contributed by atoms with E-state index in [1.165, 1.54) is 39.7 Å². The monoisotopic (exact) mass is 538 g/mol. The van der Waals surface area contributed by atoms with Crippen molar-refractivity contribution in [2.24, 2.45) is 0 Å². The summed E-state index contributed by atoms with van der Waals surface area (Å²) in [4.78, 5) is 11.2. The van der Waals surface area contributed by atoms with Crippen LogP contribution in [0.1, 0.15) is 33.6 Å². The van der Waals surface area contributed by atoms with Crippen LogP contribution in [0.25, 0.3) is 16.5 Å². The van der Waals surface area contributed by atoms with Crippen molar-refractivity contribution >= 4 is 28.2 Å². The largest absolute Gasteiger partial charge is 0.467 e. The molecular formula is C30H26N4O4S. The van der Waals surface area contributed by atoms with E-state index in [4.69, 9.17) is 9.47 Å². The molecule has 0 N–H and O–H groups in total. The summed E-state index contributed by atoms with van der Waals surface area (Å²) in [5.74, 6) is 1.90. The van der Waals surface area contributed by atoms with E-state index in [1.54, 1.807) is 6.07 Å². The van der Waals surface area contributed by atoms with Gasteiger partial charge in [-0.1, -0.05) is 71.9 Å². The first-order valence-corrected chi connectivity index (χ1v) is 13.6. The van der Waals surface area contributed by atoms with Crippen molar-refractivity contribution < 1.29 is 14.4 Å². The SMILES string of the molecule is Cc1ccc(-n2c(Cc3cccc4ccccc34)nnc2SCc2cc([N+](=O)[O-])cc3c2OCOC3)c(C)c1. The van der Waals surface area contributed by atoms with Crippen LogP contribution in [0.5, 0.6) is 5.75 Å². The molecule has 4 aromatic carbocycles. The van der Waals surface area contributed by atoms with Crippen molar-refractivity contribution in [2.45, 2.75) is 37.8 Å². The minimum absolute atomic E-state index is 0.0194. The highest BCUT2D eigenvalue weighted by atomic mass is 32.2. The quantitative estimate of drug-likeness (QED) is 0.129. The van der Waals surface area contributed by atoms with Crippen LogP contribution >= 0.6 is 11.8 Å². The van der Waals surface area contributed by atoms with Crippen LogP contribution in [0.3, 0.4) is 0 Å². The topological polar surface area (TPSA) is 92.3 Å². The molecule has 0 atom stereocenters. The van der Waals surface area contributed by atoms with Gasteiger partial charge in [0.1, 0.15) is 11.6 Å². The smallest absolute Gasteiger partial charge is 0.270 e. The van der Waals surface area contributed by atoms with Crippen LogP contribution in [0, 0.1) is 24.0 Å². The van der Waals surface area contributed by atoms with Gasteiger partial charge in [0.05, 0.1) is 17.2 Å². The predicted octanol–water partition coefficient (Wildman–Crippen LogP) is 6.70. The molecule has 39 heavy (non-hydrogen) atoms. The van der Waals surface area contributed by atoms with Crippen molar-refractivity contribution in [3.05, 3.63) is 117 Å². The summed E-state index contributed by atoms with van der Waals surface area (Å²) in [6, 6.07) is 24.1. The summed E-state index contributed by atoms with van der Waals surface area (Å²) in [7, 11) is 0. The van der Waals surface area contributed by atoms with Gasteiger partial charge in [0.2, 0.25) is 0 Å². The molecule has 0 saturated carbocycles. The Morgan fingerprint density at radius 1 is 1.00 bits per heavy atom. The molecule has 0 amide bonds. The zero-order valence-electron chi connectivity index (χ0n) is 21.6. The molecule has 0 bridgehead atoms. The molecule has 6 rings (SSSR count). The molecule has 0 saturated heterocycles. The lowest BCUT2D eigenvalue weighted by Crippen LogP contribution is -2.13. The number of rotatable bonds is 7. The molecule has 1 aromatic heterocycles. The molecule has 196 valence electrons. The van der Waals surface area contributed by atoms with Gasteiger partial charge in [0.25, 0.3) is 5.69 Å². The number of hydrogen-bond acceptors (Lipinski definition) is 7. The number of non-ortho nitro benzene ring substituents is 1. The predicted molar refractivity (Wildman–Crippen MR) is 151 cm³/mol. The number of fused-ring (bicyclic) bond motifs is 2. The fourth-order valence-electron chi connectivity index (χ4n) is 5.06. The Morgan fingerprint density at radius 3 is 2.69 bits per heavy atom. The minimum Gasteiger partial charge on any atom is -0.467 e. The molecule has 1 aliphatic rings. The first-order valence-electron chi connectivity index (χ1n) is 12.6. The first-order chi connectivity index (χ1) is 19.0. The van der Waals surface area contributed by atoms with E-state index in [2.05, 4.69) is 83.2 Å². The van der Waals surface area contributed by atoms with E-state index in [0.717, 1.165) is 22.6 Å². The average Bonchev–Trinajstić information content (AvgIpc) is 3.33. The van der Waals surface area contributed by atoms with Gasteiger partial charge in [-0.2, -0.15) is 0 Å². The molecular weight excluding hydrogens is 512 g/mol. The van der Waals surface area contributed by atoms with Gasteiger partial charge >= 0.3 is 0 Å². The Hall–Kier alpha value is -4.21. The van der Waals surface area contributed by atoms with Gasteiger partial charge in [0.15, 0.2) is 11.9 Å². The number of ether oxygens (including phenoxy) is 2. The molecule has 1 aliphatic heterocycles. The molecule has 0 fully saturated rings. The van der Waals surface area contributed by atoms with Crippen molar-refractivity contribution in [3.8, 4) is 11.4 Å². The standard InChI is InChI=1S/C30H26N4O4S/c1-19-10-11-27(20(2)12-19)33-28(15-22-8-5-7-21-6-3-4-9-26(21)22)31-32-30(33)39-17-24-14-25(34(35)36)13-23-16-37-18-38-29(23)24/h3-14H,15-18H2,1-2H3. The molecule has 8 nitrogen and oxygen atoms in total. The van der Waals surface area contributed by atoms with Gasteiger partial charge in [-0.25, -0.2) is 0 Å². The van der Waals surface area contributed by atoms with Crippen LogP contribution in [-0.4, -0.2) is 26.5 Å². The van der Waals surface area contributed by atoms with Gasteiger partial charge in [-0.05, 0) is 41.8 Å². The first kappa shape index (κ1) is 25.1. The lowest BCUT2D eigenvalue weighted by molar-refractivity contribution is -0.385. The van der Waals surface area contributed by atoms with E-state index < -0.39 is 0 Å². The van der Waals surface area contributed by atoms with Gasteiger partial charge in [-0.15, -0.1) is 10.2 Å². The summed E-state index contributed by atoms with van der Waals surface area (Å²) in [6.45, 7) is 4.56. The van der Waals surface area contributed by atoms with Gasteiger partial charge in [0, 0.05) is 35.4 Å². The number of thioether (sulfide) groups is 1. The normalized spacial score (nSPS) is 12.8. The molecule has 0 aliphatic carbocycles. The maximum absolute atomic E-state index is 11.6. The number of aromatic nitrogens is 3. The highest BCUT2D eigenvalue weighted by molar-refractivity contribution is 7.98. The second-order valence-corrected chi connectivity index (χ2v) is 10.5. The molecule has 2 heterocycles. The summed E-state index contributed by atoms with van der Waals surface area (Å²) >= 11 is 1.48. The Kier molecular flexibility index (Phi) is 6.76. The summed E-state index contributed by atoms with van der Waals surface area (Å²) < 4.78 is 13.2. The van der Waals surface area contributed by atoms with E-state index >= 15 is 0 Å². The van der Waals surface area contributed by atoms with Crippen LogP contribution in [0.4, 0.5) is 5.69 Å². The maximum atomic E-state index is 11.6. The fraction of sp³-hybridized carbons (Fsp3) is 0.200. The number of nitrogens with zero attached hydrogens (tertiary/aromatic N) is 4. The average molecular weight is 539 g/mol. The third kappa shape index (κ3) is 4.98. The molecule has 0 unspecified atom stereocenters. The summed E-state index contributed by atoms with van der Waals surface area (Å²) in [5.41, 5.74) is 5.90. The van der Waals surface area contributed by atoms with E-state index in [1.807, 2.05) is 6.07 Å². The third-order valence-corrected chi connectivity index (χ3v) is 7.84. The number of aryl methyl sites for hydroxylation is 2. The van der Waals surface area contributed by atoms with E-state index in [9.17, 15) is 10.1 Å². The Labute approximate surface area is 229 Å². The Morgan fingerprint density at radius 2 is 1.85 bits per heavy atom. The van der Waals surface area contributed by atoms with Crippen molar-refractivity contribution in [1.29, 1.82) is 0 Å². The van der Waals surface area contributed by atoms with E-state index in [0.29, 0.717) is 28.6 Å². The van der Waals surface area contributed by atoms with Crippen LogP contribution < -0.4 is 4.74 Å². The van der Waals surface area contributed by atoms with Crippen molar-refractivity contribution in [3.63, 3.8) is 0 Å². The van der Waals surface area contributed by atoms with Crippen molar-refractivity contribution in [1.82, 2.24) is 14.8 Å². The second-order valence-electron chi connectivity index (χ2n) is 9.59. The number of hydrogen-bond donors (Lipinski definition) is 0. The zero-order chi connectivity index (χ0) is 26.9. The molecule has 9 heteroatoms. The number of nitro benzene ring substituents is 1. The van der Waals surface area contributed by atoms with Crippen LogP contribution in [0.15, 0.2) is 78.0 Å². The number of benzene rings is 4. The van der Waals surface area contributed by atoms with Gasteiger partial charge < -0.3 is 9.47 Å². The Bertz CT molecular complexity index is 1710. The lowest BCUT2D eigenvalue weighted by Gasteiger charge is -2.20. The van der Waals surface area contributed by atoms with E-state index in [-0.39, 0.29) is 24.0 Å². The number of nitro groups is 1. The lowest BCUT2D eigenvalue weighted by atomic mass is 10.0. The minimum atomic E-state index is -0.385.